The summed E-state index contributed by atoms with van der Waals surface area (Å²) in [6.45, 7) is 1.43. The van der Waals surface area contributed by atoms with Crippen molar-refractivity contribution in [1.29, 1.82) is 0 Å². The van der Waals surface area contributed by atoms with Crippen LogP contribution in [0.3, 0.4) is 0 Å². The van der Waals surface area contributed by atoms with Crippen molar-refractivity contribution in [3.8, 4) is 0 Å². The quantitative estimate of drug-likeness (QED) is 0.432. The molecule has 0 unspecified atom stereocenters. The maximum Gasteiger partial charge on any atom is 0.319 e. The minimum Gasteiger partial charge on any atom is -0.375 e. The van der Waals surface area contributed by atoms with Crippen LogP contribution in [0.1, 0.15) is 12.8 Å². The molecule has 7 heteroatoms. The lowest BCUT2D eigenvalue weighted by Crippen LogP contribution is -2.31. The van der Waals surface area contributed by atoms with Gasteiger partial charge in [0.25, 0.3) is 0 Å². The lowest BCUT2D eigenvalue weighted by Gasteiger charge is -2.19. The molecule has 0 saturated carbocycles. The van der Waals surface area contributed by atoms with E-state index in [1.54, 1.807) is 0 Å². The summed E-state index contributed by atoms with van der Waals surface area (Å²) in [6, 6.07) is 17.4. The average Bonchev–Trinajstić information content (AvgIpc) is 2.67. The molecule has 0 bridgehead atoms. The second kappa shape index (κ2) is 11.1. The van der Waals surface area contributed by atoms with Crippen LogP contribution in [0.5, 0.6) is 0 Å². The second-order valence-electron chi connectivity index (χ2n) is 6.05. The van der Waals surface area contributed by atoms with Crippen molar-refractivity contribution in [2.75, 3.05) is 36.1 Å². The number of nitrogens with one attached hydrogen (secondary N) is 2. The molecule has 3 amide bonds. The summed E-state index contributed by atoms with van der Waals surface area (Å²) in [5, 5.41) is 5.75. The summed E-state index contributed by atoms with van der Waals surface area (Å²) < 4.78 is 0. The average molecular weight is 387 g/mol. The van der Waals surface area contributed by atoms with E-state index in [1.165, 1.54) is 11.8 Å². The predicted molar refractivity (Wildman–Crippen MR) is 112 cm³/mol. The number of urea groups is 1. The van der Waals surface area contributed by atoms with Crippen LogP contribution >= 0.6 is 11.8 Å². The summed E-state index contributed by atoms with van der Waals surface area (Å²) in [5.41, 5.74) is 7.05. The number of carbonyl (C=O) groups is 2. The molecule has 0 saturated heterocycles. The molecule has 0 fully saturated rings. The minimum absolute atomic E-state index is 0.236. The van der Waals surface area contributed by atoms with Gasteiger partial charge in [-0.3, -0.25) is 4.79 Å². The summed E-state index contributed by atoms with van der Waals surface area (Å²) in [6.07, 6.45) is 1.15. The number of carbonyl (C=O) groups excluding carboxylic acids is 2. The zero-order valence-electron chi connectivity index (χ0n) is 15.5. The Balaban J connectivity index is 1.73. The lowest BCUT2D eigenvalue weighted by molar-refractivity contribution is -0.117. The fraction of sp³-hybridized carbons (Fsp3) is 0.300. The van der Waals surface area contributed by atoms with Gasteiger partial charge in [-0.2, -0.15) is 0 Å². The number of thioether (sulfide) groups is 1. The van der Waals surface area contributed by atoms with Gasteiger partial charge in [0.15, 0.2) is 0 Å². The first kappa shape index (κ1) is 20.6. The molecule has 0 atom stereocenters. The van der Waals surface area contributed by atoms with E-state index in [9.17, 15) is 9.59 Å². The standard InChI is InChI=1S/C20H26N4O2S/c1-24(16-8-3-2-4-9-16)14-7-13-22-20(26)23-17-10-5-6-11-18(17)27-15-12-19(21)25/h2-6,8-11H,7,12-15H2,1H3,(H2,21,25)(H2,22,23,26). The number of anilines is 2. The first-order valence-corrected chi connectivity index (χ1v) is 9.86. The number of rotatable bonds is 10. The molecule has 0 heterocycles. The Morgan fingerprint density at radius 3 is 2.52 bits per heavy atom. The van der Waals surface area contributed by atoms with Crippen LogP contribution in [0.4, 0.5) is 16.2 Å². The Bertz CT molecular complexity index is 740. The number of amides is 3. The molecular weight excluding hydrogens is 360 g/mol. The third kappa shape index (κ3) is 7.62. The Kier molecular flexibility index (Phi) is 8.51. The van der Waals surface area contributed by atoms with Gasteiger partial charge in [0.2, 0.25) is 5.91 Å². The first-order chi connectivity index (χ1) is 13.1. The molecule has 0 spiro atoms. The molecule has 2 rings (SSSR count). The highest BCUT2D eigenvalue weighted by Crippen LogP contribution is 2.27. The third-order valence-corrected chi connectivity index (χ3v) is 4.97. The molecule has 0 radical (unpaired) electrons. The number of nitrogens with zero attached hydrogens (tertiary/aromatic N) is 1. The van der Waals surface area contributed by atoms with Crippen LogP contribution in [0.25, 0.3) is 0 Å². The molecule has 0 aliphatic rings. The molecule has 0 aromatic heterocycles. The highest BCUT2D eigenvalue weighted by molar-refractivity contribution is 7.99. The van der Waals surface area contributed by atoms with E-state index in [-0.39, 0.29) is 11.9 Å². The van der Waals surface area contributed by atoms with Crippen LogP contribution in [0, 0.1) is 0 Å². The van der Waals surface area contributed by atoms with E-state index >= 15 is 0 Å². The summed E-state index contributed by atoms with van der Waals surface area (Å²) in [7, 11) is 2.04. The smallest absolute Gasteiger partial charge is 0.319 e. The molecule has 144 valence electrons. The van der Waals surface area contributed by atoms with Gasteiger partial charge in [0, 0.05) is 42.9 Å². The maximum atomic E-state index is 12.1. The molecular formula is C20H26N4O2S. The maximum absolute atomic E-state index is 12.1. The van der Waals surface area contributed by atoms with E-state index in [0.717, 1.165) is 29.2 Å². The normalized spacial score (nSPS) is 10.3. The monoisotopic (exact) mass is 386 g/mol. The van der Waals surface area contributed by atoms with Gasteiger partial charge < -0.3 is 21.3 Å². The largest absolute Gasteiger partial charge is 0.375 e. The molecule has 0 aliphatic carbocycles. The topological polar surface area (TPSA) is 87.5 Å². The predicted octanol–water partition coefficient (Wildman–Crippen LogP) is 3.30. The number of nitrogens with two attached hydrogens (primary N) is 1. The lowest BCUT2D eigenvalue weighted by atomic mass is 10.3. The van der Waals surface area contributed by atoms with Gasteiger partial charge in [0.1, 0.15) is 0 Å². The Morgan fingerprint density at radius 1 is 1.07 bits per heavy atom. The summed E-state index contributed by atoms with van der Waals surface area (Å²) >= 11 is 1.50. The van der Waals surface area contributed by atoms with Gasteiger partial charge in [-0.15, -0.1) is 11.8 Å². The number of hydrogen-bond donors (Lipinski definition) is 3. The van der Waals surface area contributed by atoms with Gasteiger partial charge in [0.05, 0.1) is 5.69 Å². The SMILES string of the molecule is CN(CCCNC(=O)Nc1ccccc1SCCC(N)=O)c1ccccc1. The van der Waals surface area contributed by atoms with Crippen LogP contribution in [0.15, 0.2) is 59.5 Å². The van der Waals surface area contributed by atoms with E-state index in [4.69, 9.17) is 5.73 Å². The van der Waals surface area contributed by atoms with Crippen LogP contribution in [-0.4, -0.2) is 37.8 Å². The fourth-order valence-electron chi connectivity index (χ4n) is 2.45. The Hall–Kier alpha value is -2.67. The van der Waals surface area contributed by atoms with E-state index in [2.05, 4.69) is 27.7 Å². The van der Waals surface area contributed by atoms with Crippen molar-refractivity contribution in [3.63, 3.8) is 0 Å². The number of hydrogen-bond acceptors (Lipinski definition) is 4. The Morgan fingerprint density at radius 2 is 1.78 bits per heavy atom. The number of primary amides is 1. The van der Waals surface area contributed by atoms with Crippen molar-refractivity contribution in [3.05, 3.63) is 54.6 Å². The highest BCUT2D eigenvalue weighted by atomic mass is 32.2. The van der Waals surface area contributed by atoms with E-state index < -0.39 is 0 Å². The molecule has 2 aromatic rings. The third-order valence-electron chi connectivity index (χ3n) is 3.89. The van der Waals surface area contributed by atoms with Crippen molar-refractivity contribution < 1.29 is 9.59 Å². The summed E-state index contributed by atoms with van der Waals surface area (Å²) in [4.78, 5) is 26.1. The highest BCUT2D eigenvalue weighted by Gasteiger charge is 2.07. The second-order valence-corrected chi connectivity index (χ2v) is 7.19. The first-order valence-electron chi connectivity index (χ1n) is 8.87. The van der Waals surface area contributed by atoms with Gasteiger partial charge in [-0.05, 0) is 30.7 Å². The van der Waals surface area contributed by atoms with E-state index in [1.807, 2.05) is 49.5 Å². The van der Waals surface area contributed by atoms with Gasteiger partial charge in [-0.25, -0.2) is 4.79 Å². The number of benzene rings is 2. The van der Waals surface area contributed by atoms with Crippen LogP contribution in [0.2, 0.25) is 0 Å². The van der Waals surface area contributed by atoms with E-state index in [0.29, 0.717) is 18.7 Å². The Labute approximate surface area is 164 Å². The van der Waals surface area contributed by atoms with Crippen LogP contribution in [-0.2, 0) is 4.79 Å². The molecule has 4 N–H and O–H groups in total. The molecule has 0 aliphatic heterocycles. The summed E-state index contributed by atoms with van der Waals surface area (Å²) in [5.74, 6) is 0.257. The molecule has 6 nitrogen and oxygen atoms in total. The molecule has 27 heavy (non-hydrogen) atoms. The van der Waals surface area contributed by atoms with Crippen molar-refractivity contribution >= 4 is 35.1 Å². The fourth-order valence-corrected chi connectivity index (χ4v) is 3.43. The van der Waals surface area contributed by atoms with Crippen molar-refractivity contribution in [2.24, 2.45) is 5.73 Å². The zero-order valence-corrected chi connectivity index (χ0v) is 16.3. The van der Waals surface area contributed by atoms with Crippen molar-refractivity contribution in [1.82, 2.24) is 5.32 Å². The van der Waals surface area contributed by atoms with Crippen LogP contribution < -0.4 is 21.3 Å². The van der Waals surface area contributed by atoms with Gasteiger partial charge in [-0.1, -0.05) is 30.3 Å². The van der Waals surface area contributed by atoms with Gasteiger partial charge >= 0.3 is 6.03 Å². The number of para-hydroxylation sites is 2. The minimum atomic E-state index is -0.328. The molecule has 2 aromatic carbocycles. The van der Waals surface area contributed by atoms with Crippen molar-refractivity contribution in [2.45, 2.75) is 17.7 Å². The zero-order chi connectivity index (χ0) is 19.5.